The summed E-state index contributed by atoms with van der Waals surface area (Å²) in [5.74, 6) is 0.566. The molecule has 1 saturated carbocycles. The van der Waals surface area contributed by atoms with Gasteiger partial charge in [0.15, 0.2) is 0 Å². The van der Waals surface area contributed by atoms with Crippen molar-refractivity contribution in [3.63, 3.8) is 0 Å². The van der Waals surface area contributed by atoms with Crippen LogP contribution in [0.25, 0.3) is 0 Å². The maximum atomic E-state index is 10.8. The Balaban J connectivity index is 1.90. The number of ether oxygens (including phenoxy) is 1. The normalized spacial score (nSPS) is 20.1. The molecule has 0 spiro atoms. The monoisotopic (exact) mass is 422 g/mol. The molecule has 1 unspecified atom stereocenters. The first-order valence-corrected chi connectivity index (χ1v) is 9.79. The molecule has 1 fully saturated rings. The number of nitrogens with zero attached hydrogens (tertiary/aromatic N) is 2. The Morgan fingerprint density at radius 2 is 2.00 bits per heavy atom. The summed E-state index contributed by atoms with van der Waals surface area (Å²) >= 11 is 10.3. The van der Waals surface area contributed by atoms with Crippen molar-refractivity contribution in [1.29, 1.82) is 0 Å². The second kappa shape index (κ2) is 9.03. The van der Waals surface area contributed by atoms with Crippen LogP contribution in [0, 0.1) is 10.1 Å². The van der Waals surface area contributed by atoms with Crippen molar-refractivity contribution in [1.82, 2.24) is 4.98 Å². The van der Waals surface area contributed by atoms with E-state index in [9.17, 15) is 10.1 Å². The molecule has 1 heterocycles. The summed E-state index contributed by atoms with van der Waals surface area (Å²) < 4.78 is 5.78. The third kappa shape index (κ3) is 4.24. The molecular formula is C22H18N2O3S2. The number of aromatic nitrogens is 1. The van der Waals surface area contributed by atoms with Gasteiger partial charge in [-0.1, -0.05) is 11.6 Å². The molecule has 1 aliphatic rings. The summed E-state index contributed by atoms with van der Waals surface area (Å²) in [5, 5.41) is 16.5. The number of hydrogen-bond donors (Lipinski definition) is 0. The van der Waals surface area contributed by atoms with Crippen molar-refractivity contribution in [2.75, 3.05) is 6.61 Å². The molecule has 7 heteroatoms. The van der Waals surface area contributed by atoms with Gasteiger partial charge in [0.1, 0.15) is 12.4 Å². The lowest BCUT2D eigenvalue weighted by molar-refractivity contribution is -0.384. The lowest BCUT2D eigenvalue weighted by Gasteiger charge is -2.38. The molecule has 29 heavy (non-hydrogen) atoms. The van der Waals surface area contributed by atoms with Gasteiger partial charge in [-0.2, -0.15) is 0 Å². The van der Waals surface area contributed by atoms with Crippen molar-refractivity contribution in [2.24, 2.45) is 0 Å². The lowest BCUT2D eigenvalue weighted by atomic mass is 9.63. The van der Waals surface area contributed by atoms with Crippen molar-refractivity contribution in [3.05, 3.63) is 87.3 Å². The highest BCUT2D eigenvalue weighted by Gasteiger charge is 2.40. The SMILES string of the molecule is CC1(c2cccnc2)C(=C=S)C(=C=S)CCC1=CCOc1ccc([N+](=O)[O-])cc1. The van der Waals surface area contributed by atoms with E-state index in [1.54, 1.807) is 18.3 Å². The highest BCUT2D eigenvalue weighted by molar-refractivity contribution is 7.78. The van der Waals surface area contributed by atoms with Gasteiger partial charge in [-0.15, -0.1) is 0 Å². The summed E-state index contributed by atoms with van der Waals surface area (Å²) in [4.78, 5) is 14.6. The Kier molecular flexibility index (Phi) is 6.47. The molecule has 3 rings (SSSR count). The minimum Gasteiger partial charge on any atom is -0.490 e. The van der Waals surface area contributed by atoms with E-state index >= 15 is 0 Å². The molecule has 1 aliphatic carbocycles. The predicted molar refractivity (Wildman–Crippen MR) is 120 cm³/mol. The summed E-state index contributed by atoms with van der Waals surface area (Å²) in [7, 11) is 0. The van der Waals surface area contributed by atoms with Gasteiger partial charge < -0.3 is 4.74 Å². The maximum absolute atomic E-state index is 10.8. The molecule has 0 N–H and O–H groups in total. The molecular weight excluding hydrogens is 404 g/mol. The summed E-state index contributed by atoms with van der Waals surface area (Å²) in [6, 6.07) is 9.93. The van der Waals surface area contributed by atoms with Crippen LogP contribution in [0.5, 0.6) is 5.75 Å². The summed E-state index contributed by atoms with van der Waals surface area (Å²) in [6.45, 7) is 2.41. The first kappa shape index (κ1) is 20.8. The number of rotatable bonds is 5. The minimum atomic E-state index is -0.520. The zero-order chi connectivity index (χ0) is 20.9. The molecule has 146 valence electrons. The molecule has 0 bridgehead atoms. The Labute approximate surface area is 179 Å². The van der Waals surface area contributed by atoms with Crippen LogP contribution in [0.4, 0.5) is 5.69 Å². The first-order valence-electron chi connectivity index (χ1n) is 8.98. The van der Waals surface area contributed by atoms with E-state index in [-0.39, 0.29) is 5.69 Å². The van der Waals surface area contributed by atoms with Gasteiger partial charge >= 0.3 is 0 Å². The fourth-order valence-corrected chi connectivity index (χ4v) is 4.09. The van der Waals surface area contributed by atoms with E-state index in [4.69, 9.17) is 29.2 Å². The fourth-order valence-electron chi connectivity index (χ4n) is 3.56. The quantitative estimate of drug-likeness (QED) is 0.289. The lowest BCUT2D eigenvalue weighted by Crippen LogP contribution is -2.33. The molecule has 0 amide bonds. The van der Waals surface area contributed by atoms with Gasteiger partial charge in [-0.05, 0) is 84.1 Å². The Hall–Kier alpha value is -2.95. The van der Waals surface area contributed by atoms with Crippen LogP contribution in [0.15, 0.2) is 71.6 Å². The third-order valence-corrected chi connectivity index (χ3v) is 5.63. The number of nitro benzene ring substituents is 1. The van der Waals surface area contributed by atoms with Crippen LogP contribution >= 0.6 is 24.4 Å². The van der Waals surface area contributed by atoms with Crippen LogP contribution in [0.2, 0.25) is 0 Å². The molecule has 1 aromatic carbocycles. The Bertz CT molecular complexity index is 1050. The third-order valence-electron chi connectivity index (χ3n) is 5.18. The maximum Gasteiger partial charge on any atom is 0.269 e. The molecule has 5 nitrogen and oxygen atoms in total. The zero-order valence-corrected chi connectivity index (χ0v) is 17.4. The molecule has 0 aliphatic heterocycles. The molecule has 1 atom stereocenters. The second-order valence-corrected chi connectivity index (χ2v) is 7.12. The van der Waals surface area contributed by atoms with E-state index in [1.807, 2.05) is 24.4 Å². The van der Waals surface area contributed by atoms with Gasteiger partial charge in [0.25, 0.3) is 5.69 Å². The number of pyridine rings is 1. The van der Waals surface area contributed by atoms with Gasteiger partial charge in [0, 0.05) is 41.1 Å². The van der Waals surface area contributed by atoms with E-state index < -0.39 is 10.3 Å². The van der Waals surface area contributed by atoms with Crippen molar-refractivity contribution < 1.29 is 9.66 Å². The molecule has 2 aromatic rings. The highest BCUT2D eigenvalue weighted by Crippen LogP contribution is 2.47. The number of thiocarbonyl (C=S) groups is 2. The molecule has 1 aromatic heterocycles. The van der Waals surface area contributed by atoms with E-state index in [0.717, 1.165) is 35.1 Å². The zero-order valence-electron chi connectivity index (χ0n) is 15.8. The average Bonchev–Trinajstić information content (AvgIpc) is 2.75. The topological polar surface area (TPSA) is 65.3 Å². The number of non-ortho nitro benzene ring substituents is 1. The number of benzene rings is 1. The van der Waals surface area contributed by atoms with E-state index in [1.165, 1.54) is 12.1 Å². The number of hydrogen-bond acceptors (Lipinski definition) is 6. The van der Waals surface area contributed by atoms with Gasteiger partial charge in [0.05, 0.1) is 4.92 Å². The minimum absolute atomic E-state index is 0.0300. The summed E-state index contributed by atoms with van der Waals surface area (Å²) in [6.07, 6.45) is 7.11. The second-order valence-electron chi connectivity index (χ2n) is 6.72. The number of allylic oxidation sites excluding steroid dienone is 3. The summed E-state index contributed by atoms with van der Waals surface area (Å²) in [5.41, 5.74) is 3.37. The smallest absolute Gasteiger partial charge is 0.269 e. The number of nitro groups is 1. The van der Waals surface area contributed by atoms with Gasteiger partial charge in [-0.25, -0.2) is 0 Å². The van der Waals surface area contributed by atoms with Crippen LogP contribution in [0.3, 0.4) is 0 Å². The van der Waals surface area contributed by atoms with Gasteiger partial charge in [-0.3, -0.25) is 15.1 Å². The van der Waals surface area contributed by atoms with Crippen LogP contribution in [-0.4, -0.2) is 26.6 Å². The van der Waals surface area contributed by atoms with Crippen LogP contribution < -0.4 is 4.74 Å². The molecule has 0 saturated heterocycles. The highest BCUT2D eigenvalue weighted by atomic mass is 32.1. The van der Waals surface area contributed by atoms with Crippen LogP contribution in [-0.2, 0) is 5.41 Å². The largest absolute Gasteiger partial charge is 0.490 e. The van der Waals surface area contributed by atoms with Crippen molar-refractivity contribution in [3.8, 4) is 5.75 Å². The molecule has 0 radical (unpaired) electrons. The van der Waals surface area contributed by atoms with Gasteiger partial charge in [0.2, 0.25) is 0 Å². The van der Waals surface area contributed by atoms with E-state index in [2.05, 4.69) is 22.0 Å². The predicted octanol–water partition coefficient (Wildman–Crippen LogP) is 5.10. The Morgan fingerprint density at radius 1 is 1.24 bits per heavy atom. The fraction of sp³-hybridized carbons (Fsp3) is 0.227. The first-order chi connectivity index (χ1) is 14.0. The van der Waals surface area contributed by atoms with E-state index in [0.29, 0.717) is 12.4 Å². The van der Waals surface area contributed by atoms with Crippen molar-refractivity contribution in [2.45, 2.75) is 25.2 Å². The average molecular weight is 423 g/mol. The standard InChI is InChI=1S/C22H18N2O3S2/c1-22(18-3-2-11-23-13-18)17(5-4-16(14-28)21(22)15-29)10-12-27-20-8-6-19(7-9-20)24(25)26/h2-3,6-11,13H,4-5,12H2,1H3. The Morgan fingerprint density at radius 3 is 2.59 bits per heavy atom. The van der Waals surface area contributed by atoms with Crippen molar-refractivity contribution >= 4 is 40.2 Å². The van der Waals surface area contributed by atoms with Crippen LogP contribution in [0.1, 0.15) is 25.3 Å².